The zero-order chi connectivity index (χ0) is 22.1. The molecule has 0 amide bonds. The summed E-state index contributed by atoms with van der Waals surface area (Å²) in [6, 6.07) is 7.88. The highest BCUT2D eigenvalue weighted by molar-refractivity contribution is 9.10. The van der Waals surface area contributed by atoms with Crippen molar-refractivity contribution in [2.75, 3.05) is 26.8 Å². The zero-order valence-electron chi connectivity index (χ0n) is 15.7. The van der Waals surface area contributed by atoms with Gasteiger partial charge in [0.2, 0.25) is 15.7 Å². The monoisotopic (exact) mass is 500 g/mol. The first kappa shape index (κ1) is 22.5. The quantitative estimate of drug-likeness (QED) is 0.590. The van der Waals surface area contributed by atoms with Crippen molar-refractivity contribution in [1.82, 2.24) is 4.31 Å². The van der Waals surface area contributed by atoms with Crippen molar-refractivity contribution in [3.8, 4) is 11.5 Å². The molecule has 2 aromatic rings. The van der Waals surface area contributed by atoms with Gasteiger partial charge in [0.1, 0.15) is 29.0 Å². The number of β-amino-alcohol motifs (C(OH)–C–C–N with tert-alkyl or cyclic N) is 1. The molecule has 0 spiro atoms. The second-order valence-corrected chi connectivity index (χ2v) is 9.45. The molecule has 0 aromatic heterocycles. The van der Waals surface area contributed by atoms with Crippen LogP contribution in [0.15, 0.2) is 45.8 Å². The molecular formula is C19H18BrFN2O6S. The summed E-state index contributed by atoms with van der Waals surface area (Å²) in [7, 11) is -2.60. The van der Waals surface area contributed by atoms with Crippen molar-refractivity contribution in [1.29, 1.82) is 0 Å². The van der Waals surface area contributed by atoms with Crippen LogP contribution in [-0.2, 0) is 10.0 Å². The van der Waals surface area contributed by atoms with E-state index in [1.54, 1.807) is 0 Å². The van der Waals surface area contributed by atoms with Gasteiger partial charge in [0.25, 0.3) is 0 Å². The molecule has 3 rings (SSSR count). The predicted octanol–water partition coefficient (Wildman–Crippen LogP) is 2.32. The molecule has 0 unspecified atom stereocenters. The van der Waals surface area contributed by atoms with Gasteiger partial charge in [0.15, 0.2) is 0 Å². The van der Waals surface area contributed by atoms with E-state index in [1.165, 1.54) is 37.4 Å². The molecule has 1 saturated heterocycles. The molecule has 1 heterocycles. The molecule has 0 radical (unpaired) electrons. The molecule has 0 aliphatic carbocycles. The molecular weight excluding hydrogens is 483 g/mol. The summed E-state index contributed by atoms with van der Waals surface area (Å²) in [5.74, 6) is -0.346. The van der Waals surface area contributed by atoms with Gasteiger partial charge < -0.3 is 19.7 Å². The Morgan fingerprint density at radius 1 is 1.33 bits per heavy atom. The maximum atomic E-state index is 13.9. The zero-order valence-corrected chi connectivity index (χ0v) is 18.2. The molecule has 30 heavy (non-hydrogen) atoms. The lowest BCUT2D eigenvalue weighted by Gasteiger charge is -2.27. The van der Waals surface area contributed by atoms with Gasteiger partial charge in [0.05, 0.1) is 31.7 Å². The first-order valence-electron chi connectivity index (χ1n) is 8.65. The van der Waals surface area contributed by atoms with Crippen molar-refractivity contribution < 1.29 is 32.5 Å². The van der Waals surface area contributed by atoms with Gasteiger partial charge in [-0.25, -0.2) is 17.7 Å². The van der Waals surface area contributed by atoms with Crippen LogP contribution in [0.1, 0.15) is 0 Å². The average Bonchev–Trinajstić information content (AvgIpc) is 3.05. The standard InChI is InChI=1S/C19H18BrFN2O6S/c1-22-16-5-3-13(8-15(16)21)29-18-9-23(10-19(18,25)11-24)30(26,27)17-6-4-12(28-2)7-14(17)20/h3-8,18,24-25H,9-11H2,2H3/t18-,19+/m0/s1. The number of halogens is 2. The van der Waals surface area contributed by atoms with Crippen molar-refractivity contribution in [2.45, 2.75) is 16.6 Å². The number of methoxy groups -OCH3 is 1. The van der Waals surface area contributed by atoms with E-state index in [-0.39, 0.29) is 27.3 Å². The van der Waals surface area contributed by atoms with Gasteiger partial charge in [-0.1, -0.05) is 0 Å². The van der Waals surface area contributed by atoms with E-state index >= 15 is 0 Å². The first-order chi connectivity index (χ1) is 14.1. The maximum absolute atomic E-state index is 13.9. The fourth-order valence-corrected chi connectivity index (χ4v) is 5.60. The Labute approximate surface area is 181 Å². The Balaban J connectivity index is 1.89. The van der Waals surface area contributed by atoms with Gasteiger partial charge in [0, 0.05) is 17.1 Å². The number of rotatable bonds is 6. The van der Waals surface area contributed by atoms with Crippen molar-refractivity contribution in [3.05, 3.63) is 58.1 Å². The molecule has 1 aliphatic heterocycles. The van der Waals surface area contributed by atoms with Crippen molar-refractivity contribution >= 4 is 31.6 Å². The van der Waals surface area contributed by atoms with Gasteiger partial charge in [-0.3, -0.25) is 0 Å². The van der Waals surface area contributed by atoms with Crippen LogP contribution < -0.4 is 9.47 Å². The van der Waals surface area contributed by atoms with Crippen molar-refractivity contribution in [3.63, 3.8) is 0 Å². The smallest absolute Gasteiger partial charge is 0.244 e. The molecule has 0 bridgehead atoms. The second-order valence-electron chi connectivity index (χ2n) is 6.69. The minimum Gasteiger partial charge on any atom is -0.497 e. The topological polar surface area (TPSA) is 101 Å². The molecule has 1 fully saturated rings. The lowest BCUT2D eigenvalue weighted by molar-refractivity contribution is -0.0641. The fourth-order valence-electron chi connectivity index (χ4n) is 3.08. The molecule has 1 aliphatic rings. The number of aliphatic hydroxyl groups excluding tert-OH is 1. The van der Waals surface area contributed by atoms with Crippen LogP contribution in [0.5, 0.6) is 11.5 Å². The average molecular weight is 501 g/mol. The number of ether oxygens (including phenoxy) is 2. The Morgan fingerprint density at radius 3 is 2.60 bits per heavy atom. The Hall–Kier alpha value is -2.23. The Bertz CT molecular complexity index is 1110. The summed E-state index contributed by atoms with van der Waals surface area (Å²) in [6.45, 7) is 5.42. The third-order valence-corrected chi connectivity index (χ3v) is 7.56. The summed E-state index contributed by atoms with van der Waals surface area (Å²) in [5.41, 5.74) is -2.10. The van der Waals surface area contributed by atoms with Crippen molar-refractivity contribution in [2.24, 2.45) is 0 Å². The highest BCUT2D eigenvalue weighted by atomic mass is 79.9. The van der Waals surface area contributed by atoms with E-state index in [9.17, 15) is 23.0 Å². The van der Waals surface area contributed by atoms with Gasteiger partial charge in [-0.15, -0.1) is 0 Å². The second kappa shape index (κ2) is 8.49. The van der Waals surface area contributed by atoms with Crippen LogP contribution in [0, 0.1) is 12.4 Å². The minimum atomic E-state index is -4.05. The predicted molar refractivity (Wildman–Crippen MR) is 109 cm³/mol. The van der Waals surface area contributed by atoms with Gasteiger partial charge >= 0.3 is 0 Å². The number of hydrogen-bond acceptors (Lipinski definition) is 6. The number of nitrogens with zero attached hydrogens (tertiary/aromatic N) is 2. The lowest BCUT2D eigenvalue weighted by Crippen LogP contribution is -2.48. The molecule has 8 nitrogen and oxygen atoms in total. The SMILES string of the molecule is [C-]#[N+]c1ccc(O[C@H]2CN(S(=O)(=O)c3ccc(OC)cc3Br)C[C@@]2(O)CO)cc1F. The van der Waals surface area contributed by atoms with Gasteiger partial charge in [-0.2, -0.15) is 4.31 Å². The largest absolute Gasteiger partial charge is 0.497 e. The van der Waals surface area contributed by atoms with E-state index in [1.807, 2.05) is 0 Å². The third-order valence-electron chi connectivity index (χ3n) is 4.77. The Morgan fingerprint density at radius 2 is 2.03 bits per heavy atom. The molecule has 11 heteroatoms. The normalized spacial score (nSPS) is 21.9. The van der Waals surface area contributed by atoms with Crippen LogP contribution >= 0.6 is 15.9 Å². The fraction of sp³-hybridized carbons (Fsp3) is 0.316. The van der Waals surface area contributed by atoms with E-state index in [2.05, 4.69) is 20.8 Å². The number of sulfonamides is 1. The first-order valence-corrected chi connectivity index (χ1v) is 10.9. The maximum Gasteiger partial charge on any atom is 0.244 e. The van der Waals surface area contributed by atoms with Crippen LogP contribution in [0.2, 0.25) is 0 Å². The lowest BCUT2D eigenvalue weighted by atomic mass is 10.0. The van der Waals surface area contributed by atoms with Crippen LogP contribution in [0.25, 0.3) is 4.85 Å². The third kappa shape index (κ3) is 4.14. The van der Waals surface area contributed by atoms with E-state index in [0.717, 1.165) is 10.4 Å². The summed E-state index contributed by atoms with van der Waals surface area (Å²) in [6.07, 6.45) is -1.16. The van der Waals surface area contributed by atoms with Crippen LogP contribution in [0.4, 0.5) is 10.1 Å². The molecule has 2 atom stereocenters. The van der Waals surface area contributed by atoms with E-state index in [0.29, 0.717) is 5.75 Å². The molecule has 160 valence electrons. The molecule has 2 N–H and O–H groups in total. The van der Waals surface area contributed by atoms with Crippen LogP contribution in [0.3, 0.4) is 0 Å². The molecule has 2 aromatic carbocycles. The van der Waals surface area contributed by atoms with E-state index in [4.69, 9.17) is 16.0 Å². The van der Waals surface area contributed by atoms with E-state index < -0.39 is 40.7 Å². The molecule has 0 saturated carbocycles. The highest BCUT2D eigenvalue weighted by Crippen LogP contribution is 2.35. The summed E-state index contributed by atoms with van der Waals surface area (Å²) in [5, 5.41) is 20.5. The van der Waals surface area contributed by atoms with Gasteiger partial charge in [-0.05, 0) is 46.3 Å². The summed E-state index contributed by atoms with van der Waals surface area (Å²) in [4.78, 5) is 2.97. The number of benzene rings is 2. The number of hydrogen-bond donors (Lipinski definition) is 2. The number of aliphatic hydroxyl groups is 2. The summed E-state index contributed by atoms with van der Waals surface area (Å²) < 4.78 is 52.0. The minimum absolute atomic E-state index is 0.00153. The van der Waals surface area contributed by atoms with Crippen LogP contribution in [-0.4, -0.2) is 61.4 Å². The Kier molecular flexibility index (Phi) is 6.35. The summed E-state index contributed by atoms with van der Waals surface area (Å²) >= 11 is 3.21. The highest BCUT2D eigenvalue weighted by Gasteiger charge is 2.51.